The summed E-state index contributed by atoms with van der Waals surface area (Å²) in [5, 5.41) is 0. The minimum Gasteiger partial charge on any atom is -0.493 e. The number of amides is 1. The minimum atomic E-state index is -0.0322. The van der Waals surface area contributed by atoms with Crippen LogP contribution in [0.5, 0.6) is 17.2 Å². The molecule has 2 aromatic carbocycles. The number of hydrogen-bond acceptors (Lipinski definition) is 4. The van der Waals surface area contributed by atoms with Crippen molar-refractivity contribution in [2.24, 2.45) is 0 Å². The van der Waals surface area contributed by atoms with Gasteiger partial charge in [0.25, 0.3) is 5.91 Å². The van der Waals surface area contributed by atoms with E-state index in [-0.39, 0.29) is 12.5 Å². The number of hydrogen-bond donors (Lipinski definition) is 0. The van der Waals surface area contributed by atoms with Crippen molar-refractivity contribution in [3.05, 3.63) is 53.1 Å². The number of para-hydroxylation sites is 1. The fraction of sp³-hybridized carbons (Fsp3) is 0.381. The lowest BCUT2D eigenvalue weighted by Crippen LogP contribution is -2.33. The molecule has 0 aliphatic carbocycles. The zero-order valence-electron chi connectivity index (χ0n) is 15.0. The first-order chi connectivity index (χ1) is 12.7. The van der Waals surface area contributed by atoms with Gasteiger partial charge in [-0.15, -0.1) is 0 Å². The molecule has 2 aliphatic heterocycles. The quantitative estimate of drug-likeness (QED) is 0.801. The monoisotopic (exact) mass is 353 g/mol. The van der Waals surface area contributed by atoms with Crippen molar-refractivity contribution in [2.75, 3.05) is 33.4 Å². The molecule has 2 aliphatic rings. The van der Waals surface area contributed by atoms with Gasteiger partial charge in [0, 0.05) is 43.1 Å². The Bertz CT molecular complexity index is 771. The SMILES string of the molecule is CN(CCc1c2c(cc3c1OCC3)OCC2)C(=O)COc1ccccc1. The molecular weight excluding hydrogens is 330 g/mol. The van der Waals surface area contributed by atoms with Crippen LogP contribution in [-0.2, 0) is 24.1 Å². The highest BCUT2D eigenvalue weighted by atomic mass is 16.5. The summed E-state index contributed by atoms with van der Waals surface area (Å²) >= 11 is 0. The van der Waals surface area contributed by atoms with Crippen LogP contribution in [0, 0.1) is 0 Å². The number of carbonyl (C=O) groups is 1. The van der Waals surface area contributed by atoms with Crippen molar-refractivity contribution in [1.29, 1.82) is 0 Å². The van der Waals surface area contributed by atoms with E-state index in [0.717, 1.165) is 44.0 Å². The highest BCUT2D eigenvalue weighted by molar-refractivity contribution is 5.77. The first-order valence-corrected chi connectivity index (χ1v) is 9.07. The number of rotatable bonds is 6. The number of carbonyl (C=O) groups excluding carboxylic acids is 1. The van der Waals surface area contributed by atoms with Crippen molar-refractivity contribution in [3.63, 3.8) is 0 Å². The van der Waals surface area contributed by atoms with Crippen LogP contribution in [0.1, 0.15) is 16.7 Å². The van der Waals surface area contributed by atoms with Gasteiger partial charge >= 0.3 is 0 Å². The summed E-state index contributed by atoms with van der Waals surface area (Å²) in [4.78, 5) is 14.1. The van der Waals surface area contributed by atoms with Gasteiger partial charge in [-0.2, -0.15) is 0 Å². The van der Waals surface area contributed by atoms with Crippen LogP contribution >= 0.6 is 0 Å². The van der Waals surface area contributed by atoms with Crippen LogP contribution in [0.4, 0.5) is 0 Å². The van der Waals surface area contributed by atoms with Crippen LogP contribution in [-0.4, -0.2) is 44.2 Å². The Morgan fingerprint density at radius 2 is 1.96 bits per heavy atom. The van der Waals surface area contributed by atoms with Gasteiger partial charge in [0.2, 0.25) is 0 Å². The largest absolute Gasteiger partial charge is 0.493 e. The number of benzene rings is 2. The number of ether oxygens (including phenoxy) is 3. The summed E-state index contributed by atoms with van der Waals surface area (Å²) in [6.45, 7) is 2.13. The van der Waals surface area contributed by atoms with Gasteiger partial charge < -0.3 is 19.1 Å². The normalized spacial score (nSPS) is 14.2. The van der Waals surface area contributed by atoms with E-state index in [9.17, 15) is 4.79 Å². The van der Waals surface area contributed by atoms with Crippen LogP contribution in [0.2, 0.25) is 0 Å². The van der Waals surface area contributed by atoms with Gasteiger partial charge in [0.1, 0.15) is 17.2 Å². The molecule has 0 N–H and O–H groups in total. The molecule has 0 saturated heterocycles. The van der Waals surface area contributed by atoms with E-state index in [1.165, 1.54) is 16.7 Å². The van der Waals surface area contributed by atoms with Crippen LogP contribution in [0.15, 0.2) is 36.4 Å². The first kappa shape index (κ1) is 16.8. The molecule has 2 heterocycles. The number of fused-ring (bicyclic) bond motifs is 2. The maximum atomic E-state index is 12.4. The van der Waals surface area contributed by atoms with Gasteiger partial charge in [-0.05, 0) is 24.6 Å². The van der Waals surface area contributed by atoms with Crippen molar-refractivity contribution in [1.82, 2.24) is 4.90 Å². The Balaban J connectivity index is 1.39. The molecule has 0 unspecified atom stereocenters. The van der Waals surface area contributed by atoms with Gasteiger partial charge in [-0.25, -0.2) is 0 Å². The van der Waals surface area contributed by atoms with Crippen LogP contribution < -0.4 is 14.2 Å². The molecule has 1 amide bonds. The van der Waals surface area contributed by atoms with Crippen molar-refractivity contribution < 1.29 is 19.0 Å². The van der Waals surface area contributed by atoms with Crippen LogP contribution in [0.3, 0.4) is 0 Å². The summed E-state index contributed by atoms with van der Waals surface area (Å²) < 4.78 is 17.2. The third-order valence-corrected chi connectivity index (χ3v) is 4.99. The van der Waals surface area contributed by atoms with Gasteiger partial charge in [0.05, 0.1) is 13.2 Å². The molecule has 4 rings (SSSR count). The Morgan fingerprint density at radius 1 is 1.15 bits per heavy atom. The lowest BCUT2D eigenvalue weighted by Gasteiger charge is -2.19. The fourth-order valence-electron chi connectivity index (χ4n) is 3.53. The first-order valence-electron chi connectivity index (χ1n) is 9.07. The van der Waals surface area contributed by atoms with E-state index in [4.69, 9.17) is 14.2 Å². The summed E-state index contributed by atoms with van der Waals surface area (Å²) in [7, 11) is 1.82. The van der Waals surface area contributed by atoms with E-state index < -0.39 is 0 Å². The molecule has 136 valence electrons. The molecule has 0 fully saturated rings. The molecule has 26 heavy (non-hydrogen) atoms. The second-order valence-corrected chi connectivity index (χ2v) is 6.68. The summed E-state index contributed by atoms with van der Waals surface area (Å²) in [6.07, 6.45) is 2.61. The van der Waals surface area contributed by atoms with Crippen molar-refractivity contribution in [3.8, 4) is 17.2 Å². The zero-order valence-corrected chi connectivity index (χ0v) is 15.0. The minimum absolute atomic E-state index is 0.0322. The van der Waals surface area contributed by atoms with Crippen molar-refractivity contribution in [2.45, 2.75) is 19.3 Å². The maximum absolute atomic E-state index is 12.4. The molecule has 5 heteroatoms. The molecule has 0 saturated carbocycles. The predicted octanol–water partition coefficient (Wildman–Crippen LogP) is 2.64. The lowest BCUT2D eigenvalue weighted by atomic mass is 9.97. The Labute approximate surface area is 153 Å². The third-order valence-electron chi connectivity index (χ3n) is 4.99. The van der Waals surface area contributed by atoms with Crippen LogP contribution in [0.25, 0.3) is 0 Å². The van der Waals surface area contributed by atoms with E-state index in [2.05, 4.69) is 6.07 Å². The zero-order chi connectivity index (χ0) is 17.9. The Kier molecular flexibility index (Phi) is 4.69. The lowest BCUT2D eigenvalue weighted by molar-refractivity contribution is -0.132. The van der Waals surface area contributed by atoms with Crippen molar-refractivity contribution >= 4 is 5.91 Å². The molecule has 0 radical (unpaired) electrons. The molecule has 0 aromatic heterocycles. The predicted molar refractivity (Wildman–Crippen MR) is 98.1 cm³/mol. The molecular formula is C21H23NO4. The molecule has 0 atom stereocenters. The second-order valence-electron chi connectivity index (χ2n) is 6.68. The average Bonchev–Trinajstić information content (AvgIpc) is 3.32. The molecule has 5 nitrogen and oxygen atoms in total. The van der Waals surface area contributed by atoms with Gasteiger partial charge in [0.15, 0.2) is 6.61 Å². The standard InChI is InChI=1S/C21H23NO4/c1-22(20(23)14-26-16-5-3-2-4-6-16)10-7-18-17-9-12-24-19(17)13-15-8-11-25-21(15)18/h2-6,13H,7-12,14H2,1H3. The van der Waals surface area contributed by atoms with Gasteiger partial charge in [-0.1, -0.05) is 18.2 Å². The van der Waals surface area contributed by atoms with E-state index in [1.807, 2.05) is 37.4 Å². The van der Waals surface area contributed by atoms with Gasteiger partial charge in [-0.3, -0.25) is 4.79 Å². The second kappa shape index (κ2) is 7.28. The highest BCUT2D eigenvalue weighted by Crippen LogP contribution is 2.40. The topological polar surface area (TPSA) is 48.0 Å². The fourth-order valence-corrected chi connectivity index (χ4v) is 3.53. The average molecular weight is 353 g/mol. The molecule has 0 bridgehead atoms. The third kappa shape index (κ3) is 3.34. The Hall–Kier alpha value is -2.69. The molecule has 0 spiro atoms. The Morgan fingerprint density at radius 3 is 2.81 bits per heavy atom. The summed E-state index contributed by atoms with van der Waals surface area (Å²) in [6, 6.07) is 11.5. The number of likely N-dealkylation sites (N-methyl/N-ethyl adjacent to an activating group) is 1. The maximum Gasteiger partial charge on any atom is 0.260 e. The van der Waals surface area contributed by atoms with E-state index in [0.29, 0.717) is 12.3 Å². The number of nitrogens with zero attached hydrogens (tertiary/aromatic N) is 1. The van der Waals surface area contributed by atoms with E-state index >= 15 is 0 Å². The summed E-state index contributed by atoms with van der Waals surface area (Å²) in [5.41, 5.74) is 3.67. The highest BCUT2D eigenvalue weighted by Gasteiger charge is 2.26. The smallest absolute Gasteiger partial charge is 0.260 e. The van der Waals surface area contributed by atoms with E-state index in [1.54, 1.807) is 4.90 Å². The summed E-state index contributed by atoms with van der Waals surface area (Å²) in [5.74, 6) is 2.68. The molecule has 2 aromatic rings.